The average Bonchev–Trinajstić information content (AvgIpc) is 2.22. The van der Waals surface area contributed by atoms with E-state index in [9.17, 15) is 4.79 Å². The maximum absolute atomic E-state index is 11.3. The molecule has 0 bridgehead atoms. The van der Waals surface area contributed by atoms with Crippen molar-refractivity contribution in [1.82, 2.24) is 14.5 Å². The van der Waals surface area contributed by atoms with Gasteiger partial charge in [-0.25, -0.2) is 9.78 Å². The predicted molar refractivity (Wildman–Crippen MR) is 56.8 cm³/mol. The molecule has 2 aromatic rings. The fraction of sp³-hybridized carbons (Fsp3) is 0.100. The summed E-state index contributed by atoms with van der Waals surface area (Å²) >= 11 is 5.81. The molecule has 76 valence electrons. The van der Waals surface area contributed by atoms with Crippen LogP contribution in [0.1, 0.15) is 5.69 Å². The Morgan fingerprint density at radius 2 is 2.20 bits per heavy atom. The Kier molecular flexibility index (Phi) is 2.78. The van der Waals surface area contributed by atoms with Gasteiger partial charge in [-0.3, -0.25) is 9.55 Å². The molecule has 0 spiro atoms. The molecule has 0 N–H and O–H groups in total. The van der Waals surface area contributed by atoms with Gasteiger partial charge >= 0.3 is 5.69 Å². The zero-order valence-corrected chi connectivity index (χ0v) is 8.55. The van der Waals surface area contributed by atoms with Gasteiger partial charge < -0.3 is 0 Å². The summed E-state index contributed by atoms with van der Waals surface area (Å²) < 4.78 is 1.47. The molecule has 4 nitrogen and oxygen atoms in total. The number of aromatic nitrogens is 3. The van der Waals surface area contributed by atoms with Crippen molar-refractivity contribution in [3.63, 3.8) is 0 Å². The van der Waals surface area contributed by atoms with Crippen molar-refractivity contribution in [3.8, 4) is 0 Å². The van der Waals surface area contributed by atoms with Crippen LogP contribution in [0.15, 0.2) is 41.6 Å². The van der Waals surface area contributed by atoms with Gasteiger partial charge in [0.25, 0.3) is 0 Å². The highest BCUT2D eigenvalue weighted by Gasteiger charge is 1.99. The summed E-state index contributed by atoms with van der Waals surface area (Å²) in [6, 6.07) is 5.12. The van der Waals surface area contributed by atoms with E-state index in [1.54, 1.807) is 30.6 Å². The predicted octanol–water partition coefficient (Wildman–Crippen LogP) is 1.34. The first-order valence-corrected chi connectivity index (χ1v) is 4.75. The maximum atomic E-state index is 11.3. The van der Waals surface area contributed by atoms with Crippen LogP contribution in [0.4, 0.5) is 0 Å². The van der Waals surface area contributed by atoms with Crippen LogP contribution < -0.4 is 5.69 Å². The Bertz CT molecular complexity index is 524. The highest BCUT2D eigenvalue weighted by molar-refractivity contribution is 6.30. The first kappa shape index (κ1) is 9.86. The number of nitrogens with zero attached hydrogens (tertiary/aromatic N) is 3. The van der Waals surface area contributed by atoms with E-state index >= 15 is 0 Å². The summed E-state index contributed by atoms with van der Waals surface area (Å²) in [7, 11) is 0. The minimum atomic E-state index is -0.292. The van der Waals surface area contributed by atoms with Gasteiger partial charge in [0.15, 0.2) is 0 Å². The molecule has 2 aromatic heterocycles. The van der Waals surface area contributed by atoms with E-state index in [0.29, 0.717) is 11.6 Å². The monoisotopic (exact) mass is 221 g/mol. The lowest BCUT2D eigenvalue weighted by Crippen LogP contribution is -2.22. The Hall–Kier alpha value is -1.68. The number of halogens is 1. The molecule has 0 saturated heterocycles. The molecule has 0 unspecified atom stereocenters. The van der Waals surface area contributed by atoms with E-state index in [2.05, 4.69) is 9.97 Å². The molecule has 0 aliphatic heterocycles. The quantitative estimate of drug-likeness (QED) is 0.769. The third-order valence-electron chi connectivity index (χ3n) is 1.89. The highest BCUT2D eigenvalue weighted by atomic mass is 35.5. The Labute approximate surface area is 91.2 Å². The van der Waals surface area contributed by atoms with Gasteiger partial charge in [0.2, 0.25) is 0 Å². The van der Waals surface area contributed by atoms with Crippen LogP contribution in [0.5, 0.6) is 0 Å². The zero-order chi connectivity index (χ0) is 10.7. The van der Waals surface area contributed by atoms with E-state index < -0.39 is 0 Å². The maximum Gasteiger partial charge on any atom is 0.347 e. The molecule has 0 saturated carbocycles. The minimum absolute atomic E-state index is 0.292. The smallest absolute Gasteiger partial charge is 0.293 e. The van der Waals surface area contributed by atoms with Crippen LogP contribution in [-0.2, 0) is 6.54 Å². The lowest BCUT2D eigenvalue weighted by atomic mass is 10.3. The zero-order valence-electron chi connectivity index (χ0n) is 7.80. The van der Waals surface area contributed by atoms with E-state index in [1.165, 1.54) is 10.8 Å². The van der Waals surface area contributed by atoms with Crippen LogP contribution in [0, 0.1) is 0 Å². The van der Waals surface area contributed by atoms with E-state index in [0.717, 1.165) is 5.69 Å². The van der Waals surface area contributed by atoms with Crippen molar-refractivity contribution in [2.24, 2.45) is 0 Å². The first-order valence-electron chi connectivity index (χ1n) is 4.37. The fourth-order valence-electron chi connectivity index (χ4n) is 1.22. The second-order valence-corrected chi connectivity index (χ2v) is 3.43. The second-order valence-electron chi connectivity index (χ2n) is 3.00. The lowest BCUT2D eigenvalue weighted by molar-refractivity contribution is 0.711. The van der Waals surface area contributed by atoms with Gasteiger partial charge in [0.05, 0.1) is 12.2 Å². The fourth-order valence-corrected chi connectivity index (χ4v) is 1.40. The number of hydrogen-bond donors (Lipinski definition) is 0. The Balaban J connectivity index is 2.30. The van der Waals surface area contributed by atoms with Crippen molar-refractivity contribution >= 4 is 11.6 Å². The molecule has 0 aliphatic rings. The van der Waals surface area contributed by atoms with Gasteiger partial charge in [-0.2, -0.15) is 0 Å². The molecule has 0 fully saturated rings. The molecule has 2 rings (SSSR count). The molecule has 2 heterocycles. The van der Waals surface area contributed by atoms with Crippen molar-refractivity contribution in [3.05, 3.63) is 58.0 Å². The molecule has 5 heteroatoms. The normalized spacial score (nSPS) is 10.2. The standard InChI is InChI=1S/C10H8ClN3O/c11-8-2-4-12-9(6-8)7-14-5-1-3-13-10(14)15/h1-6H,7H2. The molecule has 0 aliphatic carbocycles. The average molecular weight is 222 g/mol. The molecular weight excluding hydrogens is 214 g/mol. The molecule has 0 atom stereocenters. The van der Waals surface area contributed by atoms with Gasteiger partial charge in [-0.15, -0.1) is 0 Å². The van der Waals surface area contributed by atoms with Crippen LogP contribution in [-0.4, -0.2) is 14.5 Å². The van der Waals surface area contributed by atoms with Crippen LogP contribution in [0.2, 0.25) is 5.02 Å². The SMILES string of the molecule is O=c1ncccn1Cc1cc(Cl)ccn1. The number of pyridine rings is 1. The van der Waals surface area contributed by atoms with Crippen LogP contribution >= 0.6 is 11.6 Å². The van der Waals surface area contributed by atoms with Crippen molar-refractivity contribution < 1.29 is 0 Å². The van der Waals surface area contributed by atoms with Gasteiger partial charge in [-0.05, 0) is 18.2 Å². The first-order chi connectivity index (χ1) is 7.25. The van der Waals surface area contributed by atoms with Crippen LogP contribution in [0.25, 0.3) is 0 Å². The van der Waals surface area contributed by atoms with Gasteiger partial charge in [-0.1, -0.05) is 11.6 Å². The van der Waals surface area contributed by atoms with Gasteiger partial charge in [0, 0.05) is 23.6 Å². The molecule has 0 aromatic carbocycles. The number of rotatable bonds is 2. The third kappa shape index (κ3) is 2.41. The van der Waals surface area contributed by atoms with E-state index in [-0.39, 0.29) is 5.69 Å². The van der Waals surface area contributed by atoms with Crippen molar-refractivity contribution in [2.45, 2.75) is 6.54 Å². The summed E-state index contributed by atoms with van der Waals surface area (Å²) in [5, 5.41) is 0.608. The highest BCUT2D eigenvalue weighted by Crippen LogP contribution is 2.08. The molecule has 0 amide bonds. The summed E-state index contributed by atoms with van der Waals surface area (Å²) in [5.74, 6) is 0. The Morgan fingerprint density at radius 1 is 1.33 bits per heavy atom. The lowest BCUT2D eigenvalue weighted by Gasteiger charge is -2.03. The molecule has 15 heavy (non-hydrogen) atoms. The van der Waals surface area contributed by atoms with Crippen molar-refractivity contribution in [1.29, 1.82) is 0 Å². The summed E-state index contributed by atoms with van der Waals surface area (Å²) in [5.41, 5.74) is 0.442. The molecular formula is C10H8ClN3O. The topological polar surface area (TPSA) is 47.8 Å². The minimum Gasteiger partial charge on any atom is -0.293 e. The van der Waals surface area contributed by atoms with Crippen LogP contribution in [0.3, 0.4) is 0 Å². The van der Waals surface area contributed by atoms with Gasteiger partial charge in [0.1, 0.15) is 0 Å². The molecule has 0 radical (unpaired) electrons. The largest absolute Gasteiger partial charge is 0.347 e. The Morgan fingerprint density at radius 3 is 2.93 bits per heavy atom. The van der Waals surface area contributed by atoms with E-state index in [4.69, 9.17) is 11.6 Å². The number of hydrogen-bond acceptors (Lipinski definition) is 3. The van der Waals surface area contributed by atoms with Crippen molar-refractivity contribution in [2.75, 3.05) is 0 Å². The summed E-state index contributed by atoms with van der Waals surface area (Å²) in [6.07, 6.45) is 4.74. The second kappa shape index (κ2) is 4.23. The third-order valence-corrected chi connectivity index (χ3v) is 2.13. The summed E-state index contributed by atoms with van der Waals surface area (Å²) in [4.78, 5) is 19.0. The van der Waals surface area contributed by atoms with E-state index in [1.807, 2.05) is 0 Å². The summed E-state index contributed by atoms with van der Waals surface area (Å²) in [6.45, 7) is 0.382.